The maximum Gasteiger partial charge on any atom is 0.274 e. The van der Waals surface area contributed by atoms with E-state index in [4.69, 9.17) is 11.6 Å². The van der Waals surface area contributed by atoms with Crippen molar-refractivity contribution < 1.29 is 9.18 Å². The summed E-state index contributed by atoms with van der Waals surface area (Å²) in [4.78, 5) is 21.1. The molecular formula is C19H16ClFN4O. The van der Waals surface area contributed by atoms with Gasteiger partial charge in [0.1, 0.15) is 11.5 Å². The summed E-state index contributed by atoms with van der Waals surface area (Å²) >= 11 is 6.08. The number of nitrogens with one attached hydrogen (secondary N) is 2. The molecule has 0 saturated carbocycles. The molecule has 0 aliphatic carbocycles. The van der Waals surface area contributed by atoms with Crippen LogP contribution in [-0.4, -0.2) is 15.9 Å². The third kappa shape index (κ3) is 4.15. The molecule has 0 spiro atoms. The van der Waals surface area contributed by atoms with Crippen molar-refractivity contribution in [2.45, 2.75) is 13.8 Å². The van der Waals surface area contributed by atoms with Crippen molar-refractivity contribution in [3.05, 3.63) is 76.3 Å². The number of benzene rings is 2. The Morgan fingerprint density at radius 1 is 1.08 bits per heavy atom. The molecule has 3 aromatic rings. The zero-order chi connectivity index (χ0) is 18.7. The van der Waals surface area contributed by atoms with Crippen molar-refractivity contribution in [1.29, 1.82) is 0 Å². The highest BCUT2D eigenvalue weighted by Gasteiger charge is 2.13. The number of anilines is 3. The molecule has 0 atom stereocenters. The largest absolute Gasteiger partial charge is 0.324 e. The van der Waals surface area contributed by atoms with Crippen LogP contribution in [-0.2, 0) is 0 Å². The quantitative estimate of drug-likeness (QED) is 0.686. The van der Waals surface area contributed by atoms with E-state index in [0.717, 1.165) is 5.56 Å². The first kappa shape index (κ1) is 17.8. The zero-order valence-corrected chi connectivity index (χ0v) is 14.9. The highest BCUT2D eigenvalue weighted by atomic mass is 35.5. The first-order valence-electron chi connectivity index (χ1n) is 7.87. The Morgan fingerprint density at radius 2 is 1.81 bits per heavy atom. The van der Waals surface area contributed by atoms with Gasteiger partial charge >= 0.3 is 0 Å². The minimum atomic E-state index is -0.372. The van der Waals surface area contributed by atoms with Crippen LogP contribution in [0.1, 0.15) is 21.7 Å². The molecule has 0 fully saturated rings. The lowest BCUT2D eigenvalue weighted by Gasteiger charge is -2.11. The van der Waals surface area contributed by atoms with Crippen LogP contribution in [0.4, 0.5) is 21.7 Å². The smallest absolute Gasteiger partial charge is 0.274 e. The molecule has 2 aromatic carbocycles. The molecule has 0 radical (unpaired) electrons. The lowest BCUT2D eigenvalue weighted by atomic mass is 10.2. The Morgan fingerprint density at radius 3 is 2.54 bits per heavy atom. The first-order chi connectivity index (χ1) is 12.4. The normalized spacial score (nSPS) is 10.5. The van der Waals surface area contributed by atoms with Crippen molar-refractivity contribution >= 4 is 34.8 Å². The van der Waals surface area contributed by atoms with E-state index in [9.17, 15) is 9.18 Å². The highest BCUT2D eigenvalue weighted by Crippen LogP contribution is 2.23. The second kappa shape index (κ2) is 7.49. The van der Waals surface area contributed by atoms with Crippen molar-refractivity contribution in [1.82, 2.24) is 9.97 Å². The molecule has 0 unspecified atom stereocenters. The average Bonchev–Trinajstić information content (AvgIpc) is 2.60. The molecule has 3 rings (SSSR count). The van der Waals surface area contributed by atoms with Crippen LogP contribution in [0, 0.1) is 19.7 Å². The fourth-order valence-corrected chi connectivity index (χ4v) is 2.51. The summed E-state index contributed by atoms with van der Waals surface area (Å²) in [7, 11) is 0. The molecule has 1 aromatic heterocycles. The van der Waals surface area contributed by atoms with Gasteiger partial charge < -0.3 is 10.6 Å². The third-order valence-corrected chi connectivity index (χ3v) is 4.11. The van der Waals surface area contributed by atoms with Gasteiger partial charge in [-0.05, 0) is 61.9 Å². The Balaban J connectivity index is 1.83. The number of halogens is 2. The number of hydrogen-bond acceptors (Lipinski definition) is 4. The van der Waals surface area contributed by atoms with E-state index in [-0.39, 0.29) is 23.4 Å². The van der Waals surface area contributed by atoms with Gasteiger partial charge in [0.15, 0.2) is 0 Å². The first-order valence-corrected chi connectivity index (χ1v) is 8.25. The summed E-state index contributed by atoms with van der Waals surface area (Å²) < 4.78 is 13.0. The van der Waals surface area contributed by atoms with Gasteiger partial charge in [0.2, 0.25) is 5.95 Å². The average molecular weight is 371 g/mol. The van der Waals surface area contributed by atoms with Gasteiger partial charge in [-0.25, -0.2) is 14.4 Å². The van der Waals surface area contributed by atoms with Crippen LogP contribution in [0.2, 0.25) is 5.02 Å². The Hall–Kier alpha value is -2.99. The van der Waals surface area contributed by atoms with Crippen LogP contribution in [0.25, 0.3) is 0 Å². The molecule has 1 amide bonds. The van der Waals surface area contributed by atoms with Crippen LogP contribution >= 0.6 is 11.6 Å². The zero-order valence-electron chi connectivity index (χ0n) is 14.2. The van der Waals surface area contributed by atoms with Crippen LogP contribution in [0.15, 0.2) is 48.5 Å². The van der Waals surface area contributed by atoms with Gasteiger partial charge in [0, 0.05) is 22.1 Å². The van der Waals surface area contributed by atoms with E-state index >= 15 is 0 Å². The molecule has 7 heteroatoms. The number of aryl methyl sites for hydroxylation is 1. The summed E-state index contributed by atoms with van der Waals surface area (Å²) in [6.07, 6.45) is 0. The number of rotatable bonds is 4. The second-order valence-corrected chi connectivity index (χ2v) is 6.12. The maximum absolute atomic E-state index is 13.0. The topological polar surface area (TPSA) is 66.9 Å². The van der Waals surface area contributed by atoms with Gasteiger partial charge in [-0.1, -0.05) is 17.7 Å². The molecule has 0 aliphatic rings. The Bertz CT molecular complexity index is 960. The lowest BCUT2D eigenvalue weighted by Crippen LogP contribution is -2.16. The minimum absolute atomic E-state index is 0.210. The number of nitrogens with zero attached hydrogens (tertiary/aromatic N) is 2. The van der Waals surface area contributed by atoms with Crippen molar-refractivity contribution in [3.63, 3.8) is 0 Å². The van der Waals surface area contributed by atoms with E-state index in [1.165, 1.54) is 12.1 Å². The molecular weight excluding hydrogens is 355 g/mol. The maximum atomic E-state index is 13.0. The molecule has 132 valence electrons. The van der Waals surface area contributed by atoms with Gasteiger partial charge in [0.25, 0.3) is 5.91 Å². The molecule has 0 saturated heterocycles. The van der Waals surface area contributed by atoms with Crippen LogP contribution < -0.4 is 10.6 Å². The Kier molecular flexibility index (Phi) is 5.14. The molecule has 0 aliphatic heterocycles. The number of amides is 1. The number of aromatic nitrogens is 2. The fraction of sp³-hybridized carbons (Fsp3) is 0.105. The van der Waals surface area contributed by atoms with E-state index in [2.05, 4.69) is 20.6 Å². The summed E-state index contributed by atoms with van der Waals surface area (Å²) in [6.45, 7) is 3.59. The van der Waals surface area contributed by atoms with Gasteiger partial charge in [0.05, 0.1) is 0 Å². The summed E-state index contributed by atoms with van der Waals surface area (Å²) in [6, 6.07) is 12.7. The third-order valence-electron chi connectivity index (χ3n) is 3.70. The van der Waals surface area contributed by atoms with Gasteiger partial charge in [-0.2, -0.15) is 0 Å². The van der Waals surface area contributed by atoms with Gasteiger partial charge in [-0.3, -0.25) is 4.79 Å². The lowest BCUT2D eigenvalue weighted by molar-refractivity contribution is 0.102. The van der Waals surface area contributed by atoms with Crippen molar-refractivity contribution in [2.24, 2.45) is 0 Å². The number of carbonyl (C=O) groups excluding carboxylic acids is 1. The van der Waals surface area contributed by atoms with E-state index in [1.807, 2.05) is 6.92 Å². The van der Waals surface area contributed by atoms with Crippen molar-refractivity contribution in [3.8, 4) is 0 Å². The minimum Gasteiger partial charge on any atom is -0.324 e. The van der Waals surface area contributed by atoms with Gasteiger partial charge in [-0.15, -0.1) is 0 Å². The predicted octanol–water partition coefficient (Wildman–Crippen LogP) is 4.88. The van der Waals surface area contributed by atoms with Crippen LogP contribution in [0.5, 0.6) is 0 Å². The van der Waals surface area contributed by atoms with E-state index < -0.39 is 0 Å². The Labute approximate surface area is 155 Å². The number of carbonyl (C=O) groups is 1. The monoisotopic (exact) mass is 370 g/mol. The fourth-order valence-electron chi connectivity index (χ4n) is 2.33. The van der Waals surface area contributed by atoms with Crippen LogP contribution in [0.3, 0.4) is 0 Å². The molecule has 5 nitrogen and oxygen atoms in total. The summed E-state index contributed by atoms with van der Waals surface area (Å²) in [5, 5.41) is 6.33. The van der Waals surface area contributed by atoms with E-state index in [1.54, 1.807) is 43.3 Å². The van der Waals surface area contributed by atoms with E-state index in [0.29, 0.717) is 22.1 Å². The molecule has 1 heterocycles. The van der Waals surface area contributed by atoms with Crippen molar-refractivity contribution in [2.75, 3.05) is 10.6 Å². The molecule has 2 N–H and O–H groups in total. The second-order valence-electron chi connectivity index (χ2n) is 5.72. The summed E-state index contributed by atoms with van der Waals surface area (Å²) in [5.74, 6) is -0.453. The molecule has 26 heavy (non-hydrogen) atoms. The standard InChI is InChI=1S/C19H16ClFN4O/c1-11-10-17(18(26)24-16-5-3-4-15(20)12(16)2)25-19(22-11)23-14-8-6-13(21)7-9-14/h3-10H,1-2H3,(H,24,26)(H,22,23,25). The summed E-state index contributed by atoms with van der Waals surface area (Å²) in [5.41, 5.74) is 2.85. The highest BCUT2D eigenvalue weighted by molar-refractivity contribution is 6.31. The predicted molar refractivity (Wildman–Crippen MR) is 101 cm³/mol. The molecule has 0 bridgehead atoms. The number of hydrogen-bond donors (Lipinski definition) is 2. The SMILES string of the molecule is Cc1cc(C(=O)Nc2cccc(Cl)c2C)nc(Nc2ccc(F)cc2)n1.